The summed E-state index contributed by atoms with van der Waals surface area (Å²) in [6.07, 6.45) is 7.40. The van der Waals surface area contributed by atoms with E-state index in [1.807, 2.05) is 6.07 Å². The Bertz CT molecular complexity index is 938. The van der Waals surface area contributed by atoms with Gasteiger partial charge in [-0.3, -0.25) is 9.80 Å². The van der Waals surface area contributed by atoms with Crippen molar-refractivity contribution in [2.24, 2.45) is 0 Å². The fourth-order valence-electron chi connectivity index (χ4n) is 6.29. The topological polar surface area (TPSA) is 26.7 Å². The minimum Gasteiger partial charge on any atom is -0.392 e. The van der Waals surface area contributed by atoms with E-state index in [-0.39, 0.29) is 6.61 Å². The number of benzene rings is 2. The van der Waals surface area contributed by atoms with E-state index >= 15 is 0 Å². The zero-order chi connectivity index (χ0) is 23.4. The van der Waals surface area contributed by atoms with Gasteiger partial charge in [-0.1, -0.05) is 60.7 Å². The first-order valence-corrected chi connectivity index (χ1v) is 13.0. The van der Waals surface area contributed by atoms with Crippen LogP contribution in [-0.4, -0.2) is 40.1 Å². The quantitative estimate of drug-likeness (QED) is 0.462. The van der Waals surface area contributed by atoms with Crippen LogP contribution in [0.2, 0.25) is 0 Å². The highest BCUT2D eigenvalue weighted by atomic mass is 16.3. The highest BCUT2D eigenvalue weighted by Gasteiger charge is 2.33. The molecule has 33 heavy (non-hydrogen) atoms. The van der Waals surface area contributed by atoms with Gasteiger partial charge in [-0.2, -0.15) is 0 Å². The van der Waals surface area contributed by atoms with Gasteiger partial charge in [-0.05, 0) is 94.6 Å². The molecule has 4 rings (SSSR count). The molecule has 2 saturated heterocycles. The predicted molar refractivity (Wildman–Crippen MR) is 139 cm³/mol. The Balaban J connectivity index is 1.41. The van der Waals surface area contributed by atoms with Crippen molar-refractivity contribution in [2.75, 3.05) is 13.1 Å². The fourth-order valence-corrected chi connectivity index (χ4v) is 6.29. The summed E-state index contributed by atoms with van der Waals surface area (Å²) >= 11 is 0. The summed E-state index contributed by atoms with van der Waals surface area (Å²) in [5.74, 6) is 0. The van der Waals surface area contributed by atoms with Crippen LogP contribution in [0.4, 0.5) is 0 Å². The maximum absolute atomic E-state index is 9.84. The van der Waals surface area contributed by atoms with Gasteiger partial charge in [-0.25, -0.2) is 0 Å². The largest absolute Gasteiger partial charge is 0.392 e. The Hall–Kier alpha value is -1.94. The maximum Gasteiger partial charge on any atom is 0.0685 e. The van der Waals surface area contributed by atoms with Crippen LogP contribution in [0.25, 0.3) is 5.57 Å². The smallest absolute Gasteiger partial charge is 0.0685 e. The van der Waals surface area contributed by atoms with Gasteiger partial charge in [0.15, 0.2) is 0 Å². The van der Waals surface area contributed by atoms with Crippen molar-refractivity contribution in [3.05, 3.63) is 77.4 Å². The molecule has 0 radical (unpaired) electrons. The molecule has 4 unspecified atom stereocenters. The molecule has 2 heterocycles. The van der Waals surface area contributed by atoms with E-state index in [1.54, 1.807) is 0 Å². The van der Waals surface area contributed by atoms with Crippen molar-refractivity contribution in [1.82, 2.24) is 9.80 Å². The van der Waals surface area contributed by atoms with Gasteiger partial charge in [0, 0.05) is 24.2 Å². The van der Waals surface area contributed by atoms with Gasteiger partial charge in [0.05, 0.1) is 6.61 Å². The lowest BCUT2D eigenvalue weighted by atomic mass is 9.93. The van der Waals surface area contributed by atoms with E-state index in [0.29, 0.717) is 24.2 Å². The fraction of sp³-hybridized carbons (Fsp3) is 0.533. The minimum atomic E-state index is 0.133. The van der Waals surface area contributed by atoms with Crippen LogP contribution in [0, 0.1) is 0 Å². The molecule has 0 aliphatic carbocycles. The third-order valence-corrected chi connectivity index (χ3v) is 8.09. The second kappa shape index (κ2) is 11.0. The van der Waals surface area contributed by atoms with Gasteiger partial charge in [0.25, 0.3) is 0 Å². The van der Waals surface area contributed by atoms with E-state index in [9.17, 15) is 5.11 Å². The summed E-state index contributed by atoms with van der Waals surface area (Å²) in [5.41, 5.74) is 6.38. The summed E-state index contributed by atoms with van der Waals surface area (Å²) in [6, 6.07) is 19.4. The standard InChI is InChI=1S/C30H42N2O/c1-22(2)26-12-7-8-14-28(26)30-16-10-20-32(30)24(4)18-17-23(3)31-19-9-15-29(31)27-13-6-5-11-25(27)21-33/h5-8,11-14,23-24,29-30,33H,1,9-10,15-21H2,2-4H3. The molecule has 3 heteroatoms. The van der Waals surface area contributed by atoms with E-state index in [4.69, 9.17) is 0 Å². The molecular weight excluding hydrogens is 404 g/mol. The van der Waals surface area contributed by atoms with E-state index < -0.39 is 0 Å². The third kappa shape index (κ3) is 5.26. The molecule has 2 aliphatic rings. The van der Waals surface area contributed by atoms with E-state index in [0.717, 1.165) is 12.1 Å². The molecule has 2 fully saturated rings. The van der Waals surface area contributed by atoms with Crippen molar-refractivity contribution in [3.8, 4) is 0 Å². The third-order valence-electron chi connectivity index (χ3n) is 8.09. The Labute approximate surface area is 201 Å². The van der Waals surface area contributed by atoms with Crippen molar-refractivity contribution in [1.29, 1.82) is 0 Å². The van der Waals surface area contributed by atoms with Crippen molar-refractivity contribution >= 4 is 5.57 Å². The number of aliphatic hydroxyl groups excluding tert-OH is 1. The van der Waals surface area contributed by atoms with Gasteiger partial charge in [0.1, 0.15) is 0 Å². The van der Waals surface area contributed by atoms with Crippen LogP contribution in [0.15, 0.2) is 55.1 Å². The lowest BCUT2D eigenvalue weighted by Gasteiger charge is -2.35. The minimum absolute atomic E-state index is 0.133. The molecule has 0 amide bonds. The molecule has 1 N–H and O–H groups in total. The first kappa shape index (κ1) is 24.2. The van der Waals surface area contributed by atoms with Crippen molar-refractivity contribution in [3.63, 3.8) is 0 Å². The number of likely N-dealkylation sites (tertiary alicyclic amines) is 2. The molecule has 0 spiro atoms. The van der Waals surface area contributed by atoms with Crippen molar-refractivity contribution < 1.29 is 5.11 Å². The van der Waals surface area contributed by atoms with Crippen LogP contribution >= 0.6 is 0 Å². The highest BCUT2D eigenvalue weighted by Crippen LogP contribution is 2.39. The average molecular weight is 447 g/mol. The van der Waals surface area contributed by atoms with Crippen LogP contribution in [0.3, 0.4) is 0 Å². The number of hydrogen-bond acceptors (Lipinski definition) is 3. The average Bonchev–Trinajstić information content (AvgIpc) is 3.52. The number of nitrogens with zero attached hydrogens (tertiary/aromatic N) is 2. The van der Waals surface area contributed by atoms with E-state index in [2.05, 4.69) is 79.6 Å². The normalized spacial score (nSPS) is 23.6. The zero-order valence-electron chi connectivity index (χ0n) is 20.8. The molecule has 4 atom stereocenters. The molecule has 3 nitrogen and oxygen atoms in total. The first-order valence-electron chi connectivity index (χ1n) is 13.0. The van der Waals surface area contributed by atoms with Crippen LogP contribution in [0.5, 0.6) is 0 Å². The lowest BCUT2D eigenvalue weighted by Crippen LogP contribution is -2.37. The molecule has 2 aromatic carbocycles. The Morgan fingerprint density at radius 3 is 1.97 bits per heavy atom. The van der Waals surface area contributed by atoms with Gasteiger partial charge >= 0.3 is 0 Å². The molecule has 0 aromatic heterocycles. The predicted octanol–water partition coefficient (Wildman–Crippen LogP) is 6.74. The Kier molecular flexibility index (Phi) is 8.06. The number of allylic oxidation sites excluding steroid dienone is 1. The Morgan fingerprint density at radius 1 is 0.879 bits per heavy atom. The number of hydrogen-bond donors (Lipinski definition) is 1. The second-order valence-electron chi connectivity index (χ2n) is 10.3. The molecule has 2 aliphatic heterocycles. The molecular formula is C30H42N2O. The summed E-state index contributed by atoms with van der Waals surface area (Å²) in [6.45, 7) is 13.7. The maximum atomic E-state index is 9.84. The van der Waals surface area contributed by atoms with Gasteiger partial charge in [0.2, 0.25) is 0 Å². The van der Waals surface area contributed by atoms with Crippen LogP contribution in [-0.2, 0) is 6.61 Å². The zero-order valence-corrected chi connectivity index (χ0v) is 20.8. The van der Waals surface area contributed by atoms with Crippen molar-refractivity contribution in [2.45, 2.75) is 90.1 Å². The summed E-state index contributed by atoms with van der Waals surface area (Å²) in [4.78, 5) is 5.44. The molecule has 0 bridgehead atoms. The van der Waals surface area contributed by atoms with E-state index in [1.165, 1.54) is 67.3 Å². The highest BCUT2D eigenvalue weighted by molar-refractivity contribution is 5.65. The monoisotopic (exact) mass is 446 g/mol. The van der Waals surface area contributed by atoms with Crippen LogP contribution < -0.4 is 0 Å². The van der Waals surface area contributed by atoms with Crippen LogP contribution in [0.1, 0.15) is 93.6 Å². The first-order chi connectivity index (χ1) is 16.0. The van der Waals surface area contributed by atoms with Gasteiger partial charge < -0.3 is 5.11 Å². The van der Waals surface area contributed by atoms with Gasteiger partial charge in [-0.15, -0.1) is 0 Å². The lowest BCUT2D eigenvalue weighted by molar-refractivity contribution is 0.145. The second-order valence-corrected chi connectivity index (χ2v) is 10.3. The number of rotatable bonds is 9. The summed E-state index contributed by atoms with van der Waals surface area (Å²) in [5, 5.41) is 9.84. The molecule has 178 valence electrons. The summed E-state index contributed by atoms with van der Waals surface area (Å²) in [7, 11) is 0. The summed E-state index contributed by atoms with van der Waals surface area (Å²) < 4.78 is 0. The molecule has 0 saturated carbocycles. The SMILES string of the molecule is C=C(C)c1ccccc1C1CCCN1C(C)CCC(C)N1CCCC1c1ccccc1CO. The Morgan fingerprint density at radius 2 is 1.39 bits per heavy atom. The molecule has 2 aromatic rings. The number of aliphatic hydroxyl groups is 1.